The van der Waals surface area contributed by atoms with Crippen LogP contribution < -0.4 is 15.0 Å². The first-order valence-corrected chi connectivity index (χ1v) is 16.7. The van der Waals surface area contributed by atoms with Crippen LogP contribution in [0, 0.1) is 0 Å². The van der Waals surface area contributed by atoms with Crippen LogP contribution in [-0.4, -0.2) is 94.9 Å². The van der Waals surface area contributed by atoms with E-state index in [1.807, 2.05) is 76.2 Å². The van der Waals surface area contributed by atoms with Crippen molar-refractivity contribution in [3.8, 4) is 17.1 Å². The molecular weight excluding hydrogens is 612 g/mol. The number of hydrogen-bond acceptors (Lipinski definition) is 9. The number of nitrogens with one attached hydrogen (secondary N) is 1. The van der Waals surface area contributed by atoms with Gasteiger partial charge in [-0.3, -0.25) is 4.79 Å². The lowest BCUT2D eigenvalue weighted by Crippen LogP contribution is -2.56. The summed E-state index contributed by atoms with van der Waals surface area (Å²) in [5.41, 5.74) is 2.47. The highest BCUT2D eigenvalue weighted by Gasteiger charge is 2.35. The van der Waals surface area contributed by atoms with Gasteiger partial charge >= 0.3 is 12.2 Å². The van der Waals surface area contributed by atoms with Crippen LogP contribution in [0.5, 0.6) is 5.88 Å². The molecule has 5 rings (SSSR count). The molecule has 0 spiro atoms. The number of piperazine rings is 1. The molecule has 12 nitrogen and oxygen atoms in total. The summed E-state index contributed by atoms with van der Waals surface area (Å²) in [7, 11) is 0. The molecule has 2 aliphatic rings. The van der Waals surface area contributed by atoms with Gasteiger partial charge in [0.2, 0.25) is 5.88 Å². The fourth-order valence-electron chi connectivity index (χ4n) is 5.96. The lowest BCUT2D eigenvalue weighted by molar-refractivity contribution is 0.0213. The number of benzene rings is 1. The first kappa shape index (κ1) is 34.5. The molecule has 2 fully saturated rings. The van der Waals surface area contributed by atoms with E-state index in [2.05, 4.69) is 22.1 Å². The SMILES string of the molecule is CCOc1ncccc1-c1ccc(N2CCN(C(=O)OC(C)(C)C)C[C@H]2CC)c(C(=O)N[C@@H]2CCN(C(=O)OCc3ccccc3)C2)n1. The first-order valence-electron chi connectivity index (χ1n) is 16.7. The van der Waals surface area contributed by atoms with Gasteiger partial charge in [0.1, 0.15) is 12.2 Å². The number of amides is 3. The predicted molar refractivity (Wildman–Crippen MR) is 182 cm³/mol. The summed E-state index contributed by atoms with van der Waals surface area (Å²) in [6.07, 6.45) is 2.22. The van der Waals surface area contributed by atoms with Gasteiger partial charge in [0.05, 0.1) is 23.6 Å². The van der Waals surface area contributed by atoms with E-state index in [1.54, 1.807) is 22.1 Å². The maximum Gasteiger partial charge on any atom is 0.410 e. The van der Waals surface area contributed by atoms with Gasteiger partial charge in [0.25, 0.3) is 5.91 Å². The largest absolute Gasteiger partial charge is 0.477 e. The van der Waals surface area contributed by atoms with E-state index in [0.29, 0.717) is 68.6 Å². The van der Waals surface area contributed by atoms with Gasteiger partial charge < -0.3 is 34.2 Å². The average molecular weight is 659 g/mol. The molecular formula is C36H46N6O6. The molecule has 1 aromatic carbocycles. The second kappa shape index (κ2) is 15.4. The van der Waals surface area contributed by atoms with Crippen molar-refractivity contribution in [1.82, 2.24) is 25.1 Å². The Balaban J connectivity index is 1.36. The van der Waals surface area contributed by atoms with Gasteiger partial charge in [-0.25, -0.2) is 19.6 Å². The third-order valence-electron chi connectivity index (χ3n) is 8.32. The minimum Gasteiger partial charge on any atom is -0.477 e. The van der Waals surface area contributed by atoms with E-state index in [1.165, 1.54) is 0 Å². The minimum atomic E-state index is -0.595. The number of ether oxygens (including phenoxy) is 3. The minimum absolute atomic E-state index is 0.0656. The number of hydrogen-bond donors (Lipinski definition) is 1. The molecule has 2 aromatic heterocycles. The van der Waals surface area contributed by atoms with Crippen LogP contribution in [0.15, 0.2) is 60.8 Å². The fraction of sp³-hybridized carbons (Fsp3) is 0.472. The highest BCUT2D eigenvalue weighted by molar-refractivity contribution is 5.99. The van der Waals surface area contributed by atoms with E-state index >= 15 is 0 Å². The molecule has 0 saturated carbocycles. The smallest absolute Gasteiger partial charge is 0.410 e. The summed E-state index contributed by atoms with van der Waals surface area (Å²) in [6, 6.07) is 16.6. The Morgan fingerprint density at radius 3 is 2.42 bits per heavy atom. The molecule has 3 amide bonds. The van der Waals surface area contributed by atoms with Crippen molar-refractivity contribution in [3.05, 3.63) is 72.1 Å². The van der Waals surface area contributed by atoms with Crippen molar-refractivity contribution in [2.24, 2.45) is 0 Å². The van der Waals surface area contributed by atoms with Gasteiger partial charge in [-0.2, -0.15) is 0 Å². The van der Waals surface area contributed by atoms with Crippen molar-refractivity contribution in [1.29, 1.82) is 0 Å². The summed E-state index contributed by atoms with van der Waals surface area (Å²) in [5.74, 6) is 0.0899. The first-order chi connectivity index (χ1) is 23.1. The van der Waals surface area contributed by atoms with Crippen LogP contribution in [0.1, 0.15) is 63.5 Å². The summed E-state index contributed by atoms with van der Waals surface area (Å²) in [6.45, 7) is 12.3. The summed E-state index contributed by atoms with van der Waals surface area (Å²) in [4.78, 5) is 54.6. The molecule has 0 aliphatic carbocycles. The Labute approximate surface area is 282 Å². The van der Waals surface area contributed by atoms with E-state index in [4.69, 9.17) is 19.2 Å². The Kier molecular flexibility index (Phi) is 11.0. The summed E-state index contributed by atoms with van der Waals surface area (Å²) >= 11 is 0. The van der Waals surface area contributed by atoms with Crippen molar-refractivity contribution >= 4 is 23.8 Å². The van der Waals surface area contributed by atoms with E-state index in [0.717, 1.165) is 12.0 Å². The van der Waals surface area contributed by atoms with E-state index < -0.39 is 11.7 Å². The number of carbonyl (C=O) groups is 3. The third kappa shape index (κ3) is 8.53. The van der Waals surface area contributed by atoms with Crippen LogP contribution in [0.25, 0.3) is 11.3 Å². The third-order valence-corrected chi connectivity index (χ3v) is 8.32. The molecule has 256 valence electrons. The normalized spacial score (nSPS) is 18.0. The Bertz CT molecular complexity index is 1580. The highest BCUT2D eigenvalue weighted by atomic mass is 16.6. The highest BCUT2D eigenvalue weighted by Crippen LogP contribution is 2.32. The predicted octanol–water partition coefficient (Wildman–Crippen LogP) is 5.52. The molecule has 12 heteroatoms. The van der Waals surface area contributed by atoms with Gasteiger partial charge in [-0.05, 0) is 70.4 Å². The van der Waals surface area contributed by atoms with E-state index in [-0.39, 0.29) is 36.4 Å². The average Bonchev–Trinajstić information content (AvgIpc) is 3.55. The van der Waals surface area contributed by atoms with Crippen molar-refractivity contribution in [3.63, 3.8) is 0 Å². The van der Waals surface area contributed by atoms with Crippen molar-refractivity contribution in [2.75, 3.05) is 44.2 Å². The van der Waals surface area contributed by atoms with Crippen LogP contribution >= 0.6 is 0 Å². The topological polar surface area (TPSA) is 126 Å². The lowest BCUT2D eigenvalue weighted by Gasteiger charge is -2.43. The Morgan fingerprint density at radius 2 is 1.69 bits per heavy atom. The second-order valence-corrected chi connectivity index (χ2v) is 13.0. The molecule has 2 aliphatic heterocycles. The van der Waals surface area contributed by atoms with Gasteiger partial charge in [0, 0.05) is 51.0 Å². The standard InChI is InChI=1S/C36H46N6O6/c1-6-27-23-41(35(45)48-36(3,4)5)20-21-42(27)30-16-15-29(28-14-11-18-37-33(28)46-7-2)39-31(30)32(43)38-26-17-19-40(22-26)34(44)47-24-25-12-9-8-10-13-25/h8-16,18,26-27H,6-7,17,19-24H2,1-5H3,(H,38,43)/t26-,27-/m1/s1. The lowest BCUT2D eigenvalue weighted by atomic mass is 10.1. The zero-order valence-electron chi connectivity index (χ0n) is 28.5. The molecule has 0 bridgehead atoms. The molecule has 2 atom stereocenters. The molecule has 4 heterocycles. The van der Waals surface area contributed by atoms with Gasteiger partial charge in [-0.15, -0.1) is 0 Å². The summed E-state index contributed by atoms with van der Waals surface area (Å²) < 4.78 is 16.9. The molecule has 0 radical (unpaired) electrons. The number of carbonyl (C=O) groups excluding carboxylic acids is 3. The number of nitrogens with zero attached hydrogens (tertiary/aromatic N) is 5. The van der Waals surface area contributed by atoms with E-state index in [9.17, 15) is 14.4 Å². The maximum absolute atomic E-state index is 14.1. The van der Waals surface area contributed by atoms with Gasteiger partial charge in [0.15, 0.2) is 5.69 Å². The van der Waals surface area contributed by atoms with Crippen LogP contribution in [0.2, 0.25) is 0 Å². The molecule has 48 heavy (non-hydrogen) atoms. The quantitative estimate of drug-likeness (QED) is 0.316. The number of pyridine rings is 2. The number of rotatable bonds is 9. The van der Waals surface area contributed by atoms with Gasteiger partial charge in [-0.1, -0.05) is 37.3 Å². The maximum atomic E-state index is 14.1. The molecule has 0 unspecified atom stereocenters. The van der Waals surface area contributed by atoms with Crippen molar-refractivity contribution in [2.45, 2.75) is 71.8 Å². The van der Waals surface area contributed by atoms with Crippen molar-refractivity contribution < 1.29 is 28.6 Å². The Morgan fingerprint density at radius 1 is 0.917 bits per heavy atom. The van der Waals surface area contributed by atoms with Crippen LogP contribution in [-0.2, 0) is 16.1 Å². The number of likely N-dealkylation sites (tertiary alicyclic amines) is 1. The fourth-order valence-corrected chi connectivity index (χ4v) is 5.96. The molecule has 3 aromatic rings. The molecule has 2 saturated heterocycles. The second-order valence-electron chi connectivity index (χ2n) is 13.0. The Hall–Kier alpha value is -4.87. The monoisotopic (exact) mass is 658 g/mol. The van der Waals surface area contributed by atoms with Crippen LogP contribution in [0.4, 0.5) is 15.3 Å². The molecule has 1 N–H and O–H groups in total. The zero-order valence-corrected chi connectivity index (χ0v) is 28.5. The summed E-state index contributed by atoms with van der Waals surface area (Å²) in [5, 5.41) is 3.13. The zero-order chi connectivity index (χ0) is 34.3. The number of aromatic nitrogens is 2. The van der Waals surface area contributed by atoms with Crippen LogP contribution in [0.3, 0.4) is 0 Å². The number of anilines is 1.